The topological polar surface area (TPSA) is 101 Å². The first-order valence-corrected chi connectivity index (χ1v) is 13.8. The Morgan fingerprint density at radius 2 is 1.90 bits per heavy atom. The summed E-state index contributed by atoms with van der Waals surface area (Å²) in [6.45, 7) is 16.4. The fourth-order valence-corrected chi connectivity index (χ4v) is 5.61. The van der Waals surface area contributed by atoms with Crippen LogP contribution in [0.25, 0.3) is 11.3 Å². The van der Waals surface area contributed by atoms with E-state index in [0.29, 0.717) is 0 Å². The molecular weight excluding hydrogens is 492 g/mol. The minimum atomic E-state index is -0.722. The summed E-state index contributed by atoms with van der Waals surface area (Å²) in [6, 6.07) is 4.90. The average molecular weight is 535 g/mol. The molecule has 8 heteroatoms. The van der Waals surface area contributed by atoms with Crippen LogP contribution in [0.5, 0.6) is 0 Å². The van der Waals surface area contributed by atoms with Crippen LogP contribution in [0.2, 0.25) is 0 Å². The van der Waals surface area contributed by atoms with Crippen LogP contribution in [-0.4, -0.2) is 55.2 Å². The van der Waals surface area contributed by atoms with E-state index in [-0.39, 0.29) is 48.3 Å². The van der Waals surface area contributed by atoms with Crippen molar-refractivity contribution in [2.45, 2.75) is 97.8 Å². The maximum absolute atomic E-state index is 13.9. The number of benzene rings is 1. The molecule has 1 saturated heterocycles. The number of carbonyl (C=O) groups excluding carboxylic acids is 2. The van der Waals surface area contributed by atoms with Crippen molar-refractivity contribution >= 4 is 11.7 Å². The molecule has 1 amide bonds. The van der Waals surface area contributed by atoms with E-state index in [1.807, 2.05) is 59.1 Å². The third-order valence-corrected chi connectivity index (χ3v) is 7.89. The molecule has 1 fully saturated rings. The quantitative estimate of drug-likeness (QED) is 0.417. The molecule has 1 aliphatic heterocycles. The molecule has 1 aromatic carbocycles. The molecule has 4 unspecified atom stereocenters. The lowest BCUT2D eigenvalue weighted by Crippen LogP contribution is -2.46. The number of hydrogen-bond donors (Lipinski definition) is 1. The van der Waals surface area contributed by atoms with Gasteiger partial charge in [-0.05, 0) is 53.9 Å². The zero-order chi connectivity index (χ0) is 28.6. The number of Topliss-reactive ketones (excluding diaryl/α,β-unsaturated/α-hetero) is 1. The number of likely N-dealkylation sites (tertiary alicyclic amines) is 1. The molecule has 0 saturated carbocycles. The number of carbonyl (C=O) groups is 2. The third-order valence-electron chi connectivity index (χ3n) is 7.89. The number of hydrogen-bond acceptors (Lipinski definition) is 6. The van der Waals surface area contributed by atoms with Gasteiger partial charge >= 0.3 is 0 Å². The highest BCUT2D eigenvalue weighted by Crippen LogP contribution is 2.33. The van der Waals surface area contributed by atoms with Crippen molar-refractivity contribution in [1.29, 1.82) is 0 Å². The van der Waals surface area contributed by atoms with E-state index < -0.39 is 18.2 Å². The molecule has 4 rings (SSSR count). The van der Waals surface area contributed by atoms with Crippen molar-refractivity contribution in [3.8, 4) is 11.3 Å². The van der Waals surface area contributed by atoms with Crippen LogP contribution >= 0.6 is 0 Å². The van der Waals surface area contributed by atoms with Gasteiger partial charge in [-0.2, -0.15) is 5.10 Å². The summed E-state index contributed by atoms with van der Waals surface area (Å²) in [5.41, 5.74) is 4.88. The van der Waals surface area contributed by atoms with Crippen LogP contribution < -0.4 is 0 Å². The van der Waals surface area contributed by atoms with Crippen molar-refractivity contribution in [2.75, 3.05) is 6.54 Å². The Kier molecular flexibility index (Phi) is 8.17. The van der Waals surface area contributed by atoms with Crippen LogP contribution in [0.3, 0.4) is 0 Å². The van der Waals surface area contributed by atoms with E-state index in [0.717, 1.165) is 33.7 Å². The largest absolute Gasteiger partial charge is 0.443 e. The van der Waals surface area contributed by atoms with Crippen molar-refractivity contribution in [3.63, 3.8) is 0 Å². The summed E-state index contributed by atoms with van der Waals surface area (Å²) in [6.07, 6.45) is 5.00. The normalized spacial score (nSPS) is 19.5. The fourth-order valence-electron chi connectivity index (χ4n) is 5.61. The van der Waals surface area contributed by atoms with Crippen LogP contribution in [-0.2, 0) is 15.0 Å². The lowest BCUT2D eigenvalue weighted by atomic mass is 9.88. The van der Waals surface area contributed by atoms with Gasteiger partial charge in [0.1, 0.15) is 6.04 Å². The lowest BCUT2D eigenvalue weighted by molar-refractivity contribution is -0.142. The molecule has 39 heavy (non-hydrogen) atoms. The maximum atomic E-state index is 13.9. The van der Waals surface area contributed by atoms with Gasteiger partial charge in [0.05, 0.1) is 24.0 Å². The molecule has 210 valence electrons. The van der Waals surface area contributed by atoms with Gasteiger partial charge in [-0.1, -0.05) is 53.7 Å². The van der Waals surface area contributed by atoms with E-state index in [1.165, 1.54) is 6.39 Å². The smallest absolute Gasteiger partial charge is 0.248 e. The predicted molar refractivity (Wildman–Crippen MR) is 150 cm³/mol. The average Bonchev–Trinajstić information content (AvgIpc) is 3.58. The number of aromatic nitrogens is 3. The van der Waals surface area contributed by atoms with E-state index in [4.69, 9.17) is 4.42 Å². The Labute approximate surface area is 231 Å². The van der Waals surface area contributed by atoms with Gasteiger partial charge in [-0.25, -0.2) is 4.98 Å². The number of amides is 1. The summed E-state index contributed by atoms with van der Waals surface area (Å²) in [4.78, 5) is 33.3. The van der Waals surface area contributed by atoms with Gasteiger partial charge in [0.15, 0.2) is 17.9 Å². The minimum absolute atomic E-state index is 0.0275. The van der Waals surface area contributed by atoms with Crippen LogP contribution in [0.15, 0.2) is 41.4 Å². The SMILES string of the molecule is Cc1cc(-c2ocnc2C)ccc1C(C)CC(=O)C1CC(O)CN1C(=O)C(C(C)C)n1cc(C(C)(C)C)cn1. The summed E-state index contributed by atoms with van der Waals surface area (Å²) in [5.74, 6) is 0.471. The monoisotopic (exact) mass is 534 g/mol. The molecule has 4 atom stereocenters. The van der Waals surface area contributed by atoms with E-state index in [2.05, 4.69) is 36.9 Å². The van der Waals surface area contributed by atoms with Crippen molar-refractivity contribution in [1.82, 2.24) is 19.7 Å². The Balaban J connectivity index is 1.52. The van der Waals surface area contributed by atoms with Crippen LogP contribution in [0.4, 0.5) is 0 Å². The molecule has 3 heterocycles. The fraction of sp³-hybridized carbons (Fsp3) is 0.548. The number of aliphatic hydroxyl groups is 1. The molecule has 3 aromatic rings. The molecule has 1 N–H and O–H groups in total. The Bertz CT molecular complexity index is 1330. The number of β-amino-alcohol motifs (C(OH)–C–C–N with tert-alkyl or cyclic N) is 1. The number of aryl methyl sites for hydroxylation is 2. The predicted octanol–water partition coefficient (Wildman–Crippen LogP) is 5.37. The highest BCUT2D eigenvalue weighted by atomic mass is 16.3. The highest BCUT2D eigenvalue weighted by molar-refractivity contribution is 5.91. The van der Waals surface area contributed by atoms with E-state index in [9.17, 15) is 14.7 Å². The number of rotatable bonds is 8. The van der Waals surface area contributed by atoms with Gasteiger partial charge in [-0.3, -0.25) is 14.3 Å². The van der Waals surface area contributed by atoms with Gasteiger partial charge in [0.25, 0.3) is 0 Å². The molecule has 1 aliphatic rings. The summed E-state index contributed by atoms with van der Waals surface area (Å²) in [7, 11) is 0. The van der Waals surface area contributed by atoms with Crippen LogP contribution in [0, 0.1) is 19.8 Å². The Hall–Kier alpha value is -3.26. The number of ketones is 1. The standard InChI is InChI=1S/C31H42N4O4/c1-18(2)28(35-15-23(14-33-35)31(6,7)8)30(38)34-16-24(36)13-26(34)27(37)12-20(4)25-10-9-22(11-19(25)3)29-21(5)32-17-39-29/h9-11,14-15,17-18,20,24,26,28,36H,12-13,16H2,1-8H3. The Morgan fingerprint density at radius 1 is 1.18 bits per heavy atom. The molecule has 2 aromatic heterocycles. The zero-order valence-electron chi connectivity index (χ0n) is 24.4. The number of oxazole rings is 1. The van der Waals surface area contributed by atoms with Gasteiger partial charge in [0, 0.05) is 31.1 Å². The lowest BCUT2D eigenvalue weighted by Gasteiger charge is -2.30. The van der Waals surface area contributed by atoms with E-state index in [1.54, 1.807) is 9.58 Å². The second kappa shape index (κ2) is 11.1. The Morgan fingerprint density at radius 3 is 2.46 bits per heavy atom. The molecular formula is C31H42N4O4. The highest BCUT2D eigenvalue weighted by Gasteiger charge is 2.42. The first-order chi connectivity index (χ1) is 18.3. The molecule has 0 bridgehead atoms. The van der Waals surface area contributed by atoms with Crippen molar-refractivity contribution < 1.29 is 19.1 Å². The van der Waals surface area contributed by atoms with Gasteiger partial charge < -0.3 is 14.4 Å². The first-order valence-electron chi connectivity index (χ1n) is 13.8. The summed E-state index contributed by atoms with van der Waals surface area (Å²) in [5, 5.41) is 15.1. The first kappa shape index (κ1) is 28.7. The zero-order valence-corrected chi connectivity index (χ0v) is 24.4. The number of nitrogens with zero attached hydrogens (tertiary/aromatic N) is 4. The number of aliphatic hydroxyl groups excluding tert-OH is 1. The summed E-state index contributed by atoms with van der Waals surface area (Å²) < 4.78 is 7.26. The van der Waals surface area contributed by atoms with Gasteiger partial charge in [0.2, 0.25) is 5.91 Å². The molecule has 0 radical (unpaired) electrons. The molecule has 8 nitrogen and oxygen atoms in total. The summed E-state index contributed by atoms with van der Waals surface area (Å²) >= 11 is 0. The van der Waals surface area contributed by atoms with Crippen LogP contribution in [0.1, 0.15) is 88.7 Å². The minimum Gasteiger partial charge on any atom is -0.443 e. The second-order valence-electron chi connectivity index (χ2n) is 12.5. The van der Waals surface area contributed by atoms with Crippen molar-refractivity contribution in [3.05, 3.63) is 59.4 Å². The van der Waals surface area contributed by atoms with E-state index >= 15 is 0 Å². The second-order valence-corrected chi connectivity index (χ2v) is 12.5. The third kappa shape index (κ3) is 6.01. The molecule has 0 spiro atoms. The maximum Gasteiger partial charge on any atom is 0.248 e. The van der Waals surface area contributed by atoms with Crippen molar-refractivity contribution in [2.24, 2.45) is 5.92 Å². The van der Waals surface area contributed by atoms with Gasteiger partial charge in [-0.15, -0.1) is 0 Å². The molecule has 0 aliphatic carbocycles.